The number of nitrogens with zero attached hydrogens (tertiary/aromatic N) is 1. The van der Waals surface area contributed by atoms with Crippen LogP contribution in [0.1, 0.15) is 39.2 Å². The van der Waals surface area contributed by atoms with Crippen LogP contribution in [0, 0.1) is 5.82 Å². The molecule has 1 aliphatic carbocycles. The van der Waals surface area contributed by atoms with Crippen molar-refractivity contribution in [3.8, 4) is 0 Å². The lowest BCUT2D eigenvalue weighted by molar-refractivity contribution is -0.121. The van der Waals surface area contributed by atoms with Crippen molar-refractivity contribution in [2.45, 2.75) is 44.6 Å². The normalized spacial score (nSPS) is 16.5. The molecule has 0 radical (unpaired) electrons. The molecule has 24 heavy (non-hydrogen) atoms. The van der Waals surface area contributed by atoms with E-state index in [4.69, 9.17) is 0 Å². The van der Waals surface area contributed by atoms with E-state index >= 15 is 0 Å². The fourth-order valence-electron chi connectivity index (χ4n) is 2.64. The van der Waals surface area contributed by atoms with Crippen LogP contribution < -0.4 is 16.0 Å². The first kappa shape index (κ1) is 18.2. The standard InChI is InChI=1S/C18H27FN4O/c1-17(2,3)23-15(24)11-21-16(20-4)22-12-18(8-9-18)13-6-5-7-14(19)10-13/h5-7,10H,8-9,11-12H2,1-4H3,(H,23,24)(H2,20,21,22). The number of rotatable bonds is 5. The quantitative estimate of drug-likeness (QED) is 0.569. The molecule has 0 aromatic heterocycles. The smallest absolute Gasteiger partial charge is 0.239 e. The van der Waals surface area contributed by atoms with Gasteiger partial charge in [-0.3, -0.25) is 9.79 Å². The van der Waals surface area contributed by atoms with Gasteiger partial charge in [0.05, 0.1) is 6.54 Å². The second-order valence-corrected chi connectivity index (χ2v) is 7.37. The molecule has 0 spiro atoms. The van der Waals surface area contributed by atoms with Crippen molar-refractivity contribution in [3.05, 3.63) is 35.6 Å². The van der Waals surface area contributed by atoms with Crippen LogP contribution >= 0.6 is 0 Å². The van der Waals surface area contributed by atoms with Crippen molar-refractivity contribution >= 4 is 11.9 Å². The minimum Gasteiger partial charge on any atom is -0.356 e. The van der Waals surface area contributed by atoms with Crippen molar-refractivity contribution in [2.75, 3.05) is 20.1 Å². The highest BCUT2D eigenvalue weighted by Gasteiger charge is 2.44. The van der Waals surface area contributed by atoms with E-state index in [2.05, 4.69) is 20.9 Å². The topological polar surface area (TPSA) is 65.5 Å². The molecule has 0 saturated heterocycles. The summed E-state index contributed by atoms with van der Waals surface area (Å²) < 4.78 is 13.4. The lowest BCUT2D eigenvalue weighted by Crippen LogP contribution is -2.49. The molecule has 3 N–H and O–H groups in total. The maximum absolute atomic E-state index is 13.4. The minimum atomic E-state index is -0.259. The summed E-state index contributed by atoms with van der Waals surface area (Å²) in [4.78, 5) is 16.0. The predicted octanol–water partition coefficient (Wildman–Crippen LogP) is 1.94. The largest absolute Gasteiger partial charge is 0.356 e. The zero-order valence-corrected chi connectivity index (χ0v) is 14.9. The number of aliphatic imine (C=N–C) groups is 1. The van der Waals surface area contributed by atoms with Crippen molar-refractivity contribution in [1.29, 1.82) is 0 Å². The summed E-state index contributed by atoms with van der Waals surface area (Å²) in [7, 11) is 1.67. The molecule has 132 valence electrons. The monoisotopic (exact) mass is 334 g/mol. The zero-order chi connectivity index (χ0) is 17.8. The van der Waals surface area contributed by atoms with Crippen LogP contribution in [0.3, 0.4) is 0 Å². The molecule has 1 aromatic carbocycles. The van der Waals surface area contributed by atoms with E-state index in [1.807, 2.05) is 26.8 Å². The fourth-order valence-corrected chi connectivity index (χ4v) is 2.64. The van der Waals surface area contributed by atoms with Gasteiger partial charge in [0.2, 0.25) is 5.91 Å². The molecule has 5 nitrogen and oxygen atoms in total. The molecule has 1 aliphatic rings. The number of amides is 1. The number of carbonyl (C=O) groups is 1. The maximum atomic E-state index is 13.4. The lowest BCUT2D eigenvalue weighted by Gasteiger charge is -2.22. The van der Waals surface area contributed by atoms with E-state index in [1.54, 1.807) is 19.2 Å². The Bertz CT molecular complexity index is 618. The third kappa shape index (κ3) is 5.22. The third-order valence-electron chi connectivity index (χ3n) is 4.04. The van der Waals surface area contributed by atoms with Gasteiger partial charge in [-0.1, -0.05) is 12.1 Å². The van der Waals surface area contributed by atoms with Crippen LogP contribution in [0.2, 0.25) is 0 Å². The van der Waals surface area contributed by atoms with E-state index in [1.165, 1.54) is 6.07 Å². The van der Waals surface area contributed by atoms with Crippen LogP contribution in [0.25, 0.3) is 0 Å². The molecule has 1 aromatic rings. The fraction of sp³-hybridized carbons (Fsp3) is 0.556. The van der Waals surface area contributed by atoms with Crippen molar-refractivity contribution in [1.82, 2.24) is 16.0 Å². The minimum absolute atomic E-state index is 0.0343. The summed E-state index contributed by atoms with van der Waals surface area (Å²) in [5.41, 5.74) is 0.717. The number of hydrogen-bond donors (Lipinski definition) is 3. The Morgan fingerprint density at radius 1 is 1.29 bits per heavy atom. The molecular weight excluding hydrogens is 307 g/mol. The van der Waals surface area contributed by atoms with Crippen LogP contribution in [0.15, 0.2) is 29.3 Å². The van der Waals surface area contributed by atoms with E-state index in [9.17, 15) is 9.18 Å². The first-order chi connectivity index (χ1) is 11.2. The van der Waals surface area contributed by atoms with Gasteiger partial charge in [-0.2, -0.15) is 0 Å². The molecule has 1 fully saturated rings. The average Bonchev–Trinajstić information content (AvgIpc) is 3.27. The Morgan fingerprint density at radius 2 is 2.00 bits per heavy atom. The highest BCUT2D eigenvalue weighted by atomic mass is 19.1. The molecule has 1 amide bonds. The van der Waals surface area contributed by atoms with Crippen LogP contribution in [-0.2, 0) is 10.2 Å². The van der Waals surface area contributed by atoms with Gasteiger partial charge in [0.1, 0.15) is 5.82 Å². The summed E-state index contributed by atoms with van der Waals surface area (Å²) in [5.74, 6) is 0.276. The first-order valence-corrected chi connectivity index (χ1v) is 8.26. The van der Waals surface area contributed by atoms with E-state index in [0.29, 0.717) is 12.5 Å². The van der Waals surface area contributed by atoms with Gasteiger partial charge >= 0.3 is 0 Å². The van der Waals surface area contributed by atoms with E-state index in [0.717, 1.165) is 18.4 Å². The average molecular weight is 334 g/mol. The Hall–Kier alpha value is -2.11. The van der Waals surface area contributed by atoms with Crippen molar-refractivity contribution in [2.24, 2.45) is 4.99 Å². The van der Waals surface area contributed by atoms with Gasteiger partial charge in [-0.15, -0.1) is 0 Å². The molecule has 0 heterocycles. The lowest BCUT2D eigenvalue weighted by atomic mass is 9.96. The second kappa shape index (κ2) is 7.20. The third-order valence-corrected chi connectivity index (χ3v) is 4.04. The number of hydrogen-bond acceptors (Lipinski definition) is 2. The summed E-state index contributed by atoms with van der Waals surface area (Å²) in [6.45, 7) is 6.64. The number of nitrogens with one attached hydrogen (secondary N) is 3. The summed E-state index contributed by atoms with van der Waals surface area (Å²) in [5, 5.41) is 9.14. The highest BCUT2D eigenvalue weighted by Crippen LogP contribution is 2.47. The molecule has 2 rings (SSSR count). The molecule has 0 unspecified atom stereocenters. The van der Waals surface area contributed by atoms with Gasteiger partial charge in [-0.05, 0) is 51.3 Å². The summed E-state index contributed by atoms with van der Waals surface area (Å²) in [6.07, 6.45) is 2.04. The van der Waals surface area contributed by atoms with Gasteiger partial charge in [-0.25, -0.2) is 4.39 Å². The van der Waals surface area contributed by atoms with E-state index in [-0.39, 0.29) is 29.2 Å². The highest BCUT2D eigenvalue weighted by molar-refractivity contribution is 5.86. The molecule has 0 aliphatic heterocycles. The van der Waals surface area contributed by atoms with E-state index < -0.39 is 0 Å². The zero-order valence-electron chi connectivity index (χ0n) is 14.9. The molecular formula is C18H27FN4O. The second-order valence-electron chi connectivity index (χ2n) is 7.37. The predicted molar refractivity (Wildman–Crippen MR) is 94.6 cm³/mol. The number of benzene rings is 1. The SMILES string of the molecule is CN=C(NCC(=O)NC(C)(C)C)NCC1(c2cccc(F)c2)CC1. The van der Waals surface area contributed by atoms with Gasteiger partial charge in [0, 0.05) is 24.5 Å². The summed E-state index contributed by atoms with van der Waals surface area (Å²) >= 11 is 0. The van der Waals surface area contributed by atoms with Crippen molar-refractivity contribution in [3.63, 3.8) is 0 Å². The number of guanidine groups is 1. The molecule has 6 heteroatoms. The van der Waals surface area contributed by atoms with Gasteiger partial charge in [0.15, 0.2) is 5.96 Å². The Balaban J connectivity index is 1.85. The van der Waals surface area contributed by atoms with Gasteiger partial charge < -0.3 is 16.0 Å². The molecule has 0 bridgehead atoms. The van der Waals surface area contributed by atoms with Crippen LogP contribution in [-0.4, -0.2) is 37.5 Å². The van der Waals surface area contributed by atoms with Crippen LogP contribution in [0.5, 0.6) is 0 Å². The Labute approximate surface area is 143 Å². The first-order valence-electron chi connectivity index (χ1n) is 8.26. The molecule has 0 atom stereocenters. The van der Waals surface area contributed by atoms with Crippen LogP contribution in [0.4, 0.5) is 4.39 Å². The summed E-state index contributed by atoms with van der Waals surface area (Å²) in [6, 6.07) is 6.77. The molecule has 1 saturated carbocycles. The Kier molecular flexibility index (Phi) is 5.47. The Morgan fingerprint density at radius 3 is 2.54 bits per heavy atom. The maximum Gasteiger partial charge on any atom is 0.239 e. The van der Waals surface area contributed by atoms with Gasteiger partial charge in [0.25, 0.3) is 0 Å². The number of halogens is 1. The number of carbonyl (C=O) groups excluding carboxylic acids is 1. The van der Waals surface area contributed by atoms with Crippen molar-refractivity contribution < 1.29 is 9.18 Å².